The van der Waals surface area contributed by atoms with Crippen molar-refractivity contribution in [3.63, 3.8) is 0 Å². The van der Waals surface area contributed by atoms with Gasteiger partial charge in [0.05, 0.1) is 6.04 Å². The number of benzene rings is 2. The normalized spacial score (nSPS) is 17.2. The molecule has 5 heteroatoms. The Labute approximate surface area is 148 Å². The smallest absolute Gasteiger partial charge is 0.251 e. The van der Waals surface area contributed by atoms with Gasteiger partial charge in [-0.15, -0.1) is 0 Å². The monoisotopic (exact) mass is 341 g/mol. The number of amides is 1. The molecule has 1 fully saturated rings. The van der Waals surface area contributed by atoms with Gasteiger partial charge in [0.2, 0.25) is 0 Å². The van der Waals surface area contributed by atoms with E-state index in [2.05, 4.69) is 22.2 Å². The van der Waals surface area contributed by atoms with Crippen molar-refractivity contribution < 1.29 is 9.18 Å². The van der Waals surface area contributed by atoms with Crippen LogP contribution >= 0.6 is 0 Å². The van der Waals surface area contributed by atoms with E-state index in [1.54, 1.807) is 0 Å². The second-order valence-corrected chi connectivity index (χ2v) is 6.55. The molecule has 3 rings (SSSR count). The largest absolute Gasteiger partial charge is 0.344 e. The van der Waals surface area contributed by atoms with Crippen LogP contribution in [0.25, 0.3) is 0 Å². The first-order chi connectivity index (χ1) is 12.1. The highest BCUT2D eigenvalue weighted by atomic mass is 19.1. The number of rotatable bonds is 5. The molecule has 1 aliphatic rings. The molecule has 2 aromatic rings. The van der Waals surface area contributed by atoms with E-state index in [4.69, 9.17) is 0 Å². The maximum atomic E-state index is 13.1. The lowest BCUT2D eigenvalue weighted by Gasteiger charge is -2.35. The third-order valence-corrected chi connectivity index (χ3v) is 4.65. The maximum absolute atomic E-state index is 13.1. The quantitative estimate of drug-likeness (QED) is 0.908. The van der Waals surface area contributed by atoms with Crippen LogP contribution in [-0.2, 0) is 0 Å². The van der Waals surface area contributed by atoms with Crippen LogP contribution in [-0.4, -0.2) is 55.5 Å². The summed E-state index contributed by atoms with van der Waals surface area (Å²) in [6.45, 7) is 4.82. The highest BCUT2D eigenvalue weighted by molar-refractivity contribution is 5.94. The lowest BCUT2D eigenvalue weighted by molar-refractivity contribution is 0.0907. The van der Waals surface area contributed by atoms with Gasteiger partial charge in [0.15, 0.2) is 0 Å². The Balaban J connectivity index is 1.72. The molecule has 0 radical (unpaired) electrons. The van der Waals surface area contributed by atoms with Crippen LogP contribution in [0.1, 0.15) is 22.0 Å². The topological polar surface area (TPSA) is 35.6 Å². The van der Waals surface area contributed by atoms with Gasteiger partial charge < -0.3 is 10.2 Å². The number of likely N-dealkylation sites (N-methyl/N-ethyl adjacent to an activating group) is 1. The lowest BCUT2D eigenvalue weighted by Crippen LogP contribution is -2.47. The molecule has 1 atom stereocenters. The molecule has 0 spiro atoms. The van der Waals surface area contributed by atoms with Gasteiger partial charge >= 0.3 is 0 Å². The highest BCUT2D eigenvalue weighted by Gasteiger charge is 2.21. The van der Waals surface area contributed by atoms with E-state index in [1.165, 1.54) is 24.3 Å². The second-order valence-electron chi connectivity index (χ2n) is 6.55. The van der Waals surface area contributed by atoms with Crippen molar-refractivity contribution in [1.29, 1.82) is 0 Å². The molecule has 2 aromatic carbocycles. The molecule has 1 heterocycles. The van der Waals surface area contributed by atoms with Gasteiger partial charge in [-0.25, -0.2) is 4.39 Å². The zero-order valence-electron chi connectivity index (χ0n) is 14.5. The number of carbonyl (C=O) groups is 1. The second kappa shape index (κ2) is 8.23. The summed E-state index contributed by atoms with van der Waals surface area (Å²) >= 11 is 0. The van der Waals surface area contributed by atoms with Crippen LogP contribution in [0, 0.1) is 5.82 Å². The Morgan fingerprint density at radius 3 is 2.32 bits per heavy atom. The van der Waals surface area contributed by atoms with Crippen molar-refractivity contribution in [2.45, 2.75) is 6.04 Å². The molecule has 0 bridgehead atoms. The van der Waals surface area contributed by atoms with E-state index < -0.39 is 0 Å². The third kappa shape index (κ3) is 4.87. The molecule has 25 heavy (non-hydrogen) atoms. The van der Waals surface area contributed by atoms with Gasteiger partial charge in [0.25, 0.3) is 5.91 Å². The van der Waals surface area contributed by atoms with Crippen LogP contribution in [0.15, 0.2) is 54.6 Å². The average molecular weight is 341 g/mol. The van der Waals surface area contributed by atoms with E-state index in [1.807, 2.05) is 30.3 Å². The molecule has 0 aliphatic carbocycles. The van der Waals surface area contributed by atoms with Crippen molar-refractivity contribution in [2.75, 3.05) is 39.8 Å². The Hall–Kier alpha value is -2.24. The SMILES string of the molecule is CN1CCN(C[C@H](NC(=O)c2ccc(F)cc2)c2ccccc2)CC1. The number of piperazine rings is 1. The van der Waals surface area contributed by atoms with Gasteiger partial charge in [0, 0.05) is 38.3 Å². The summed E-state index contributed by atoms with van der Waals surface area (Å²) in [5.41, 5.74) is 1.55. The summed E-state index contributed by atoms with van der Waals surface area (Å²) in [5.74, 6) is -0.517. The first-order valence-corrected chi connectivity index (χ1v) is 8.64. The number of nitrogens with zero attached hydrogens (tertiary/aromatic N) is 2. The first-order valence-electron chi connectivity index (χ1n) is 8.64. The average Bonchev–Trinajstić information content (AvgIpc) is 2.64. The van der Waals surface area contributed by atoms with Gasteiger partial charge in [-0.2, -0.15) is 0 Å². The molecule has 0 aromatic heterocycles. The minimum atomic E-state index is -0.339. The van der Waals surface area contributed by atoms with Crippen molar-refractivity contribution in [3.05, 3.63) is 71.5 Å². The molecule has 1 amide bonds. The third-order valence-electron chi connectivity index (χ3n) is 4.65. The maximum Gasteiger partial charge on any atom is 0.251 e. The number of halogens is 1. The Kier molecular flexibility index (Phi) is 5.79. The molecule has 1 aliphatic heterocycles. The van der Waals surface area contributed by atoms with Crippen molar-refractivity contribution in [1.82, 2.24) is 15.1 Å². The summed E-state index contributed by atoms with van der Waals surface area (Å²) in [5, 5.41) is 3.11. The fourth-order valence-corrected chi connectivity index (χ4v) is 3.05. The van der Waals surface area contributed by atoms with Crippen LogP contribution in [0.3, 0.4) is 0 Å². The number of carbonyl (C=O) groups excluding carboxylic acids is 1. The van der Waals surface area contributed by atoms with Gasteiger partial charge in [0.1, 0.15) is 5.82 Å². The van der Waals surface area contributed by atoms with Crippen LogP contribution in [0.5, 0.6) is 0 Å². The standard InChI is InChI=1S/C20H24FN3O/c1-23-11-13-24(14-12-23)15-19(16-5-3-2-4-6-16)22-20(25)17-7-9-18(21)10-8-17/h2-10,19H,11-15H2,1H3,(H,22,25)/t19-/m0/s1. The fourth-order valence-electron chi connectivity index (χ4n) is 3.05. The molecule has 0 saturated carbocycles. The summed E-state index contributed by atoms with van der Waals surface area (Å²) < 4.78 is 13.1. The molecule has 132 valence electrons. The van der Waals surface area contributed by atoms with E-state index in [9.17, 15) is 9.18 Å². The zero-order valence-corrected chi connectivity index (χ0v) is 14.5. The highest BCUT2D eigenvalue weighted by Crippen LogP contribution is 2.16. The minimum Gasteiger partial charge on any atom is -0.344 e. The molecular formula is C20H24FN3O. The predicted molar refractivity (Wildman–Crippen MR) is 97.0 cm³/mol. The molecule has 4 nitrogen and oxygen atoms in total. The molecule has 0 unspecified atom stereocenters. The summed E-state index contributed by atoms with van der Waals surface area (Å²) in [7, 11) is 2.13. The Morgan fingerprint density at radius 2 is 1.68 bits per heavy atom. The van der Waals surface area contributed by atoms with E-state index in [-0.39, 0.29) is 17.8 Å². The van der Waals surface area contributed by atoms with Crippen LogP contribution in [0.4, 0.5) is 4.39 Å². The summed E-state index contributed by atoms with van der Waals surface area (Å²) in [6, 6.07) is 15.6. The van der Waals surface area contributed by atoms with Gasteiger partial charge in [-0.3, -0.25) is 9.69 Å². The summed E-state index contributed by atoms with van der Waals surface area (Å²) in [4.78, 5) is 17.3. The number of nitrogens with one attached hydrogen (secondary N) is 1. The Morgan fingerprint density at radius 1 is 1.04 bits per heavy atom. The van der Waals surface area contributed by atoms with Gasteiger partial charge in [-0.1, -0.05) is 30.3 Å². The van der Waals surface area contributed by atoms with Crippen molar-refractivity contribution >= 4 is 5.91 Å². The fraction of sp³-hybridized carbons (Fsp3) is 0.350. The predicted octanol–water partition coefficient (Wildman–Crippen LogP) is 2.54. The van der Waals surface area contributed by atoms with Crippen molar-refractivity contribution in [3.8, 4) is 0 Å². The lowest BCUT2D eigenvalue weighted by atomic mass is 10.0. The molecular weight excluding hydrogens is 317 g/mol. The van der Waals surface area contributed by atoms with Crippen molar-refractivity contribution in [2.24, 2.45) is 0 Å². The molecule has 1 N–H and O–H groups in total. The summed E-state index contributed by atoms with van der Waals surface area (Å²) in [6.07, 6.45) is 0. The molecule has 1 saturated heterocycles. The number of hydrogen-bond donors (Lipinski definition) is 1. The van der Waals surface area contributed by atoms with E-state index in [0.717, 1.165) is 38.3 Å². The van der Waals surface area contributed by atoms with E-state index in [0.29, 0.717) is 5.56 Å². The van der Waals surface area contributed by atoms with E-state index >= 15 is 0 Å². The Bertz CT molecular complexity index is 682. The number of hydrogen-bond acceptors (Lipinski definition) is 3. The zero-order chi connectivity index (χ0) is 17.6. The van der Waals surface area contributed by atoms with Gasteiger partial charge in [-0.05, 0) is 36.9 Å². The van der Waals surface area contributed by atoms with Crippen LogP contribution < -0.4 is 5.32 Å². The van der Waals surface area contributed by atoms with Crippen LogP contribution in [0.2, 0.25) is 0 Å². The first kappa shape index (κ1) is 17.6. The minimum absolute atomic E-state index is 0.0952.